The van der Waals surface area contributed by atoms with E-state index in [1.807, 2.05) is 6.92 Å². The van der Waals surface area contributed by atoms with E-state index in [2.05, 4.69) is 21.0 Å². The first-order chi connectivity index (χ1) is 11.5. The Morgan fingerprint density at radius 3 is 2.62 bits per heavy atom. The Bertz CT molecular complexity index is 822. The molecule has 0 unspecified atom stereocenters. The number of nitrogens with one attached hydrogen (secondary N) is 3. The molecule has 0 aliphatic heterocycles. The first kappa shape index (κ1) is 16.2. The standard InChI is InChI=1S/C16H20N6O2/c1-4-5-10-13-14(21-20-10)8-6-7-9(17)12(11(8)15(13)23)16(24)22(18-2)19-3/h6-7,18-19H,4-5,17H2,1-3H3,(H,20,21). The average Bonchev–Trinajstić information content (AvgIpc) is 3.09. The number of fused-ring (bicyclic) bond motifs is 3. The predicted octanol–water partition coefficient (Wildman–Crippen LogP) is 0.867. The van der Waals surface area contributed by atoms with Gasteiger partial charge in [0, 0.05) is 36.6 Å². The second kappa shape index (κ2) is 6.06. The van der Waals surface area contributed by atoms with Crippen molar-refractivity contribution in [1.29, 1.82) is 0 Å². The minimum atomic E-state index is -0.422. The molecule has 3 rings (SSSR count). The fourth-order valence-corrected chi connectivity index (χ4v) is 3.08. The maximum Gasteiger partial charge on any atom is 0.285 e. The van der Waals surface area contributed by atoms with Crippen LogP contribution in [0, 0.1) is 0 Å². The number of ketones is 1. The van der Waals surface area contributed by atoms with Crippen molar-refractivity contribution in [3.8, 4) is 11.3 Å². The Balaban J connectivity index is 2.18. The smallest absolute Gasteiger partial charge is 0.285 e. The summed E-state index contributed by atoms with van der Waals surface area (Å²) in [7, 11) is 3.19. The van der Waals surface area contributed by atoms with E-state index in [9.17, 15) is 9.59 Å². The number of nitrogens with two attached hydrogens (primary N) is 1. The number of hydrogen-bond acceptors (Lipinski definition) is 6. The van der Waals surface area contributed by atoms with Gasteiger partial charge in [0.05, 0.1) is 11.1 Å². The van der Waals surface area contributed by atoms with Crippen molar-refractivity contribution < 1.29 is 9.59 Å². The van der Waals surface area contributed by atoms with E-state index >= 15 is 0 Å². The van der Waals surface area contributed by atoms with Crippen LogP contribution in [0.2, 0.25) is 0 Å². The number of aromatic nitrogens is 2. The molecule has 1 heterocycles. The summed E-state index contributed by atoms with van der Waals surface area (Å²) < 4.78 is 0. The van der Waals surface area contributed by atoms with Crippen molar-refractivity contribution in [1.82, 2.24) is 26.2 Å². The van der Waals surface area contributed by atoms with Crippen LogP contribution in [0.5, 0.6) is 0 Å². The normalized spacial score (nSPS) is 12.2. The summed E-state index contributed by atoms with van der Waals surface area (Å²) in [6, 6.07) is 3.37. The van der Waals surface area contributed by atoms with Crippen LogP contribution >= 0.6 is 0 Å². The van der Waals surface area contributed by atoms with Gasteiger partial charge in [-0.2, -0.15) is 5.10 Å². The molecule has 1 aromatic carbocycles. The number of aromatic amines is 1. The average molecular weight is 328 g/mol. The first-order valence-electron chi connectivity index (χ1n) is 7.79. The monoisotopic (exact) mass is 328 g/mol. The second-order valence-corrected chi connectivity index (χ2v) is 5.55. The molecule has 2 aromatic rings. The third-order valence-electron chi connectivity index (χ3n) is 4.15. The Labute approximate surface area is 139 Å². The Morgan fingerprint density at radius 1 is 1.29 bits per heavy atom. The number of rotatable bonds is 5. The molecule has 8 nitrogen and oxygen atoms in total. The number of amides is 1. The maximum atomic E-state index is 13.0. The highest BCUT2D eigenvalue weighted by Crippen LogP contribution is 2.40. The Hall–Kier alpha value is -2.71. The number of aryl methyl sites for hydroxylation is 1. The van der Waals surface area contributed by atoms with Gasteiger partial charge in [0.1, 0.15) is 5.69 Å². The second-order valence-electron chi connectivity index (χ2n) is 5.55. The van der Waals surface area contributed by atoms with Crippen LogP contribution < -0.4 is 16.6 Å². The summed E-state index contributed by atoms with van der Waals surface area (Å²) in [5, 5.41) is 8.39. The number of H-pyrrole nitrogens is 1. The molecule has 0 spiro atoms. The highest BCUT2D eigenvalue weighted by molar-refractivity contribution is 6.26. The summed E-state index contributed by atoms with van der Waals surface area (Å²) in [4.78, 5) is 25.8. The molecule has 0 radical (unpaired) electrons. The first-order valence-corrected chi connectivity index (χ1v) is 7.79. The van der Waals surface area contributed by atoms with Gasteiger partial charge in [-0.15, -0.1) is 0 Å². The maximum absolute atomic E-state index is 13.0. The summed E-state index contributed by atoms with van der Waals surface area (Å²) in [6.07, 6.45) is 1.61. The number of hydrogen-bond donors (Lipinski definition) is 4. The van der Waals surface area contributed by atoms with Gasteiger partial charge in [-0.1, -0.05) is 13.3 Å². The molecule has 0 atom stereocenters. The van der Waals surface area contributed by atoms with Crippen molar-refractivity contribution >= 4 is 17.4 Å². The summed E-state index contributed by atoms with van der Waals surface area (Å²) in [5.41, 5.74) is 14.8. The highest BCUT2D eigenvalue weighted by atomic mass is 16.2. The van der Waals surface area contributed by atoms with E-state index in [0.717, 1.165) is 18.5 Å². The number of carbonyl (C=O) groups is 2. The molecule has 0 saturated carbocycles. The topological polar surface area (TPSA) is 116 Å². The van der Waals surface area contributed by atoms with Gasteiger partial charge in [0.15, 0.2) is 5.78 Å². The quantitative estimate of drug-likeness (QED) is 0.408. The van der Waals surface area contributed by atoms with E-state index in [4.69, 9.17) is 5.73 Å². The third-order valence-corrected chi connectivity index (χ3v) is 4.15. The zero-order chi connectivity index (χ0) is 17.4. The van der Waals surface area contributed by atoms with Crippen LogP contribution in [0.4, 0.5) is 5.69 Å². The third kappa shape index (κ3) is 2.19. The largest absolute Gasteiger partial charge is 0.398 e. The summed E-state index contributed by atoms with van der Waals surface area (Å²) in [6.45, 7) is 2.03. The van der Waals surface area contributed by atoms with E-state index in [0.29, 0.717) is 22.4 Å². The van der Waals surface area contributed by atoms with E-state index in [-0.39, 0.29) is 17.0 Å². The molecule has 1 aromatic heterocycles. The van der Waals surface area contributed by atoms with Crippen molar-refractivity contribution in [3.63, 3.8) is 0 Å². The molecule has 1 amide bonds. The number of carbonyl (C=O) groups excluding carboxylic acids is 2. The number of nitrogens with zero attached hydrogens (tertiary/aromatic N) is 2. The molecular weight excluding hydrogens is 308 g/mol. The molecule has 8 heteroatoms. The lowest BCUT2D eigenvalue weighted by molar-refractivity contribution is 0.0576. The SMILES string of the molecule is CCCc1[nH]nc2c1C(=O)c1c-2ccc(N)c1C(=O)N(NC)NC. The Morgan fingerprint density at radius 2 is 2.00 bits per heavy atom. The lowest BCUT2D eigenvalue weighted by atomic mass is 9.98. The van der Waals surface area contributed by atoms with Gasteiger partial charge >= 0.3 is 0 Å². The summed E-state index contributed by atoms with van der Waals surface area (Å²) >= 11 is 0. The summed E-state index contributed by atoms with van der Waals surface area (Å²) in [5.74, 6) is -0.631. The van der Waals surface area contributed by atoms with Gasteiger partial charge in [0.25, 0.3) is 5.91 Å². The zero-order valence-corrected chi connectivity index (χ0v) is 13.9. The van der Waals surface area contributed by atoms with Gasteiger partial charge in [0.2, 0.25) is 0 Å². The highest BCUT2D eigenvalue weighted by Gasteiger charge is 2.37. The number of nitrogen functional groups attached to an aromatic ring is 1. The molecule has 24 heavy (non-hydrogen) atoms. The van der Waals surface area contributed by atoms with Gasteiger partial charge in [-0.05, 0) is 18.6 Å². The lowest BCUT2D eigenvalue weighted by Crippen LogP contribution is -2.49. The fourth-order valence-electron chi connectivity index (χ4n) is 3.08. The number of benzene rings is 1. The minimum absolute atomic E-state index is 0.182. The van der Waals surface area contributed by atoms with E-state index in [1.165, 1.54) is 5.12 Å². The van der Waals surface area contributed by atoms with Gasteiger partial charge in [-0.3, -0.25) is 14.7 Å². The van der Waals surface area contributed by atoms with Crippen LogP contribution in [0.15, 0.2) is 12.1 Å². The van der Waals surface area contributed by atoms with Crippen molar-refractivity contribution in [2.24, 2.45) is 0 Å². The molecule has 1 aliphatic carbocycles. The fraction of sp³-hybridized carbons (Fsp3) is 0.312. The van der Waals surface area contributed by atoms with E-state index in [1.54, 1.807) is 26.2 Å². The lowest BCUT2D eigenvalue weighted by Gasteiger charge is -2.21. The zero-order valence-electron chi connectivity index (χ0n) is 13.9. The molecular formula is C16H20N6O2. The van der Waals surface area contributed by atoms with Crippen LogP contribution in [0.25, 0.3) is 11.3 Å². The molecule has 5 N–H and O–H groups in total. The van der Waals surface area contributed by atoms with Crippen molar-refractivity contribution in [2.45, 2.75) is 19.8 Å². The Kier molecular flexibility index (Phi) is 4.08. The van der Waals surface area contributed by atoms with Gasteiger partial charge in [-0.25, -0.2) is 16.0 Å². The van der Waals surface area contributed by atoms with Crippen LogP contribution in [0.1, 0.15) is 45.3 Å². The minimum Gasteiger partial charge on any atom is -0.398 e. The van der Waals surface area contributed by atoms with Crippen LogP contribution in [0.3, 0.4) is 0 Å². The molecule has 126 valence electrons. The number of hydrazine groups is 2. The van der Waals surface area contributed by atoms with Crippen molar-refractivity contribution in [3.05, 3.63) is 34.5 Å². The van der Waals surface area contributed by atoms with Crippen LogP contribution in [-0.4, -0.2) is 41.1 Å². The molecule has 0 bridgehead atoms. The van der Waals surface area contributed by atoms with Gasteiger partial charge < -0.3 is 5.73 Å². The molecule has 0 saturated heterocycles. The van der Waals surface area contributed by atoms with Crippen LogP contribution in [-0.2, 0) is 6.42 Å². The van der Waals surface area contributed by atoms with Crippen molar-refractivity contribution in [2.75, 3.05) is 19.8 Å². The number of anilines is 1. The molecule has 1 aliphatic rings. The molecule has 0 fully saturated rings. The predicted molar refractivity (Wildman–Crippen MR) is 90.2 cm³/mol. The van der Waals surface area contributed by atoms with E-state index < -0.39 is 5.91 Å².